The number of nitrogens with one attached hydrogen (secondary N) is 1. The van der Waals surface area contributed by atoms with E-state index in [1.54, 1.807) is 18.0 Å². The maximum atomic E-state index is 4.32. The number of para-hydroxylation sites is 1. The second kappa shape index (κ2) is 6.80. The minimum atomic E-state index is 0.514. The minimum absolute atomic E-state index is 0.514. The van der Waals surface area contributed by atoms with Gasteiger partial charge in [-0.25, -0.2) is 15.4 Å². The van der Waals surface area contributed by atoms with Crippen molar-refractivity contribution < 1.29 is 0 Å². The molecule has 0 spiro atoms. The lowest BCUT2D eigenvalue weighted by atomic mass is 10.2. The summed E-state index contributed by atoms with van der Waals surface area (Å²) in [5.74, 6) is 0.514. The molecule has 1 aromatic heterocycles. The van der Waals surface area contributed by atoms with Crippen molar-refractivity contribution >= 4 is 35.3 Å². The highest BCUT2D eigenvalue weighted by atomic mass is 32.2. The molecule has 5 nitrogen and oxygen atoms in total. The minimum Gasteiger partial charge on any atom is -0.343 e. The van der Waals surface area contributed by atoms with Gasteiger partial charge in [0.1, 0.15) is 0 Å². The van der Waals surface area contributed by atoms with Crippen LogP contribution in [0.1, 0.15) is 17.0 Å². The number of rotatable bonds is 3. The van der Waals surface area contributed by atoms with Crippen LogP contribution in [0, 0.1) is 13.8 Å². The number of hydrogen-bond donors (Lipinski definition) is 1. The van der Waals surface area contributed by atoms with E-state index in [0.29, 0.717) is 5.95 Å². The van der Waals surface area contributed by atoms with Gasteiger partial charge in [-0.15, -0.1) is 0 Å². The highest BCUT2D eigenvalue weighted by molar-refractivity contribution is 7.99. The van der Waals surface area contributed by atoms with Gasteiger partial charge in [0.15, 0.2) is 0 Å². The van der Waals surface area contributed by atoms with Crippen LogP contribution in [0.4, 0.5) is 17.3 Å². The highest BCUT2D eigenvalue weighted by Gasteiger charge is 2.20. The van der Waals surface area contributed by atoms with Crippen LogP contribution in [0.3, 0.4) is 0 Å². The van der Waals surface area contributed by atoms with Crippen LogP contribution in [0.5, 0.6) is 0 Å². The van der Waals surface area contributed by atoms with Gasteiger partial charge < -0.3 is 4.90 Å². The van der Waals surface area contributed by atoms with E-state index in [-0.39, 0.29) is 0 Å². The lowest BCUT2D eigenvalue weighted by Gasteiger charge is -2.29. The van der Waals surface area contributed by atoms with E-state index < -0.39 is 0 Å². The molecule has 1 aliphatic rings. The van der Waals surface area contributed by atoms with Gasteiger partial charge >= 0.3 is 0 Å². The SMILES string of the molecule is Cc1cc(C)nc(NN=Cc2ccc3c(c2)Sc2ccccc2N3C)n1. The predicted molar refractivity (Wildman–Crippen MR) is 108 cm³/mol. The molecule has 0 saturated heterocycles. The monoisotopic (exact) mass is 361 g/mol. The third kappa shape index (κ3) is 3.28. The zero-order chi connectivity index (χ0) is 18.1. The molecule has 0 bridgehead atoms. The van der Waals surface area contributed by atoms with E-state index in [0.717, 1.165) is 17.0 Å². The van der Waals surface area contributed by atoms with E-state index >= 15 is 0 Å². The van der Waals surface area contributed by atoms with Gasteiger partial charge in [-0.2, -0.15) is 5.10 Å². The van der Waals surface area contributed by atoms with Crippen molar-refractivity contribution in [3.05, 3.63) is 65.5 Å². The quantitative estimate of drug-likeness (QED) is 0.538. The van der Waals surface area contributed by atoms with E-state index in [4.69, 9.17) is 0 Å². The smallest absolute Gasteiger partial charge is 0.243 e. The number of anilines is 3. The van der Waals surface area contributed by atoms with Crippen LogP contribution in [0.15, 0.2) is 63.4 Å². The number of fused-ring (bicyclic) bond motifs is 2. The average molecular weight is 361 g/mol. The Hall–Kier alpha value is -2.86. The number of benzene rings is 2. The maximum Gasteiger partial charge on any atom is 0.243 e. The molecule has 0 unspecified atom stereocenters. The van der Waals surface area contributed by atoms with Gasteiger partial charge in [-0.3, -0.25) is 0 Å². The highest BCUT2D eigenvalue weighted by Crippen LogP contribution is 2.47. The summed E-state index contributed by atoms with van der Waals surface area (Å²) in [6, 6.07) is 16.7. The molecule has 3 aromatic rings. The van der Waals surface area contributed by atoms with E-state index in [1.165, 1.54) is 21.2 Å². The molecule has 2 aromatic carbocycles. The Balaban J connectivity index is 1.55. The van der Waals surface area contributed by atoms with Crippen LogP contribution in [-0.2, 0) is 0 Å². The fraction of sp³-hybridized carbons (Fsp3) is 0.150. The van der Waals surface area contributed by atoms with Crippen LogP contribution >= 0.6 is 11.8 Å². The lowest BCUT2D eigenvalue weighted by molar-refractivity contribution is 1.04. The molecule has 0 atom stereocenters. The second-order valence-corrected chi connectivity index (χ2v) is 7.28. The van der Waals surface area contributed by atoms with Crippen molar-refractivity contribution in [3.8, 4) is 0 Å². The first kappa shape index (κ1) is 16.6. The molecule has 0 aliphatic carbocycles. The van der Waals surface area contributed by atoms with Gasteiger partial charge in [0, 0.05) is 28.2 Å². The summed E-state index contributed by atoms with van der Waals surface area (Å²) >= 11 is 1.79. The average Bonchev–Trinajstić information content (AvgIpc) is 2.61. The van der Waals surface area contributed by atoms with Gasteiger partial charge in [0.25, 0.3) is 0 Å². The fourth-order valence-electron chi connectivity index (χ4n) is 2.98. The van der Waals surface area contributed by atoms with Crippen molar-refractivity contribution in [2.75, 3.05) is 17.4 Å². The Kier molecular flexibility index (Phi) is 4.34. The number of nitrogens with zero attached hydrogens (tertiary/aromatic N) is 4. The van der Waals surface area contributed by atoms with Gasteiger partial charge in [0.2, 0.25) is 5.95 Å². The van der Waals surface area contributed by atoms with Crippen LogP contribution in [-0.4, -0.2) is 23.2 Å². The number of hydrazone groups is 1. The maximum absolute atomic E-state index is 4.32. The molecule has 2 heterocycles. The Bertz CT molecular complexity index is 979. The van der Waals surface area contributed by atoms with Crippen LogP contribution < -0.4 is 10.3 Å². The summed E-state index contributed by atoms with van der Waals surface area (Å²) in [5, 5.41) is 4.28. The number of aryl methyl sites for hydroxylation is 2. The topological polar surface area (TPSA) is 53.4 Å². The van der Waals surface area contributed by atoms with Crippen molar-refractivity contribution in [2.24, 2.45) is 5.10 Å². The normalized spacial score (nSPS) is 12.8. The van der Waals surface area contributed by atoms with Crippen molar-refractivity contribution in [2.45, 2.75) is 23.6 Å². The zero-order valence-electron chi connectivity index (χ0n) is 14.9. The van der Waals surface area contributed by atoms with E-state index in [2.05, 4.69) is 74.9 Å². The molecule has 0 amide bonds. The summed E-state index contributed by atoms with van der Waals surface area (Å²) in [5.41, 5.74) is 8.22. The Morgan fingerprint density at radius 1 is 0.962 bits per heavy atom. The Morgan fingerprint density at radius 3 is 2.50 bits per heavy atom. The molecule has 0 saturated carbocycles. The number of aromatic nitrogens is 2. The summed E-state index contributed by atoms with van der Waals surface area (Å²) in [7, 11) is 2.10. The molecule has 0 radical (unpaired) electrons. The summed E-state index contributed by atoms with van der Waals surface area (Å²) in [6.07, 6.45) is 1.79. The summed E-state index contributed by atoms with van der Waals surface area (Å²) in [6.45, 7) is 3.89. The summed E-state index contributed by atoms with van der Waals surface area (Å²) in [4.78, 5) is 13.4. The predicted octanol–water partition coefficient (Wildman–Crippen LogP) is 4.77. The molecular weight excluding hydrogens is 342 g/mol. The Morgan fingerprint density at radius 2 is 1.69 bits per heavy atom. The number of hydrogen-bond acceptors (Lipinski definition) is 6. The van der Waals surface area contributed by atoms with Gasteiger partial charge in [-0.05, 0) is 49.7 Å². The zero-order valence-corrected chi connectivity index (χ0v) is 15.7. The van der Waals surface area contributed by atoms with E-state index in [9.17, 15) is 0 Å². The molecule has 0 fully saturated rings. The van der Waals surface area contributed by atoms with Crippen molar-refractivity contribution in [3.63, 3.8) is 0 Å². The molecule has 26 heavy (non-hydrogen) atoms. The second-order valence-electron chi connectivity index (χ2n) is 6.20. The molecule has 1 N–H and O–H groups in total. The lowest BCUT2D eigenvalue weighted by Crippen LogP contribution is -2.14. The largest absolute Gasteiger partial charge is 0.343 e. The van der Waals surface area contributed by atoms with Crippen molar-refractivity contribution in [1.82, 2.24) is 9.97 Å². The van der Waals surface area contributed by atoms with Gasteiger partial charge in [-0.1, -0.05) is 30.0 Å². The third-order valence-electron chi connectivity index (χ3n) is 4.15. The molecule has 6 heteroatoms. The first-order valence-corrected chi connectivity index (χ1v) is 9.18. The first-order valence-electron chi connectivity index (χ1n) is 8.36. The standard InChI is InChI=1S/C20H19N5S/c1-13-10-14(2)23-20(22-13)24-21-12-15-8-9-17-19(11-15)26-18-7-5-4-6-16(18)25(17)3/h4-12H,1-3H3,(H,22,23,24). The van der Waals surface area contributed by atoms with E-state index in [1.807, 2.05) is 19.9 Å². The third-order valence-corrected chi connectivity index (χ3v) is 5.26. The van der Waals surface area contributed by atoms with Gasteiger partial charge in [0.05, 0.1) is 17.6 Å². The molecule has 4 rings (SSSR count). The van der Waals surface area contributed by atoms with Crippen LogP contribution in [0.2, 0.25) is 0 Å². The summed E-state index contributed by atoms with van der Waals surface area (Å²) < 4.78 is 0. The Labute approximate surface area is 157 Å². The first-order chi connectivity index (χ1) is 12.6. The fourth-order valence-corrected chi connectivity index (χ4v) is 4.18. The van der Waals surface area contributed by atoms with Crippen LogP contribution in [0.25, 0.3) is 0 Å². The van der Waals surface area contributed by atoms with Crippen molar-refractivity contribution in [1.29, 1.82) is 0 Å². The molecule has 130 valence electrons. The molecular formula is C20H19N5S. The molecule has 1 aliphatic heterocycles.